The van der Waals surface area contributed by atoms with Crippen molar-refractivity contribution in [1.82, 2.24) is 14.5 Å². The van der Waals surface area contributed by atoms with Crippen LogP contribution in [-0.2, 0) is 6.54 Å². The van der Waals surface area contributed by atoms with Gasteiger partial charge in [0.05, 0.1) is 25.4 Å². The van der Waals surface area contributed by atoms with Gasteiger partial charge in [-0.2, -0.15) is 0 Å². The number of nitrogens with two attached hydrogens (primary N) is 1. The van der Waals surface area contributed by atoms with E-state index in [1.165, 1.54) is 11.3 Å². The fourth-order valence-electron chi connectivity index (χ4n) is 2.74. The number of thiophene rings is 1. The largest absolute Gasteiger partial charge is 0.497 e. The zero-order chi connectivity index (χ0) is 18.1. The number of hydrogen-bond donors (Lipinski definition) is 1. The first-order chi connectivity index (χ1) is 12.6. The molecule has 0 spiro atoms. The third-order valence-electron chi connectivity index (χ3n) is 4.10. The molecule has 0 fully saturated rings. The fourth-order valence-corrected chi connectivity index (χ4v) is 3.73. The highest BCUT2D eigenvalue weighted by Gasteiger charge is 2.11. The maximum atomic E-state index is 12.8. The molecule has 4 aromatic rings. The van der Waals surface area contributed by atoms with Crippen molar-refractivity contribution in [1.29, 1.82) is 0 Å². The summed E-state index contributed by atoms with van der Waals surface area (Å²) in [5.74, 6) is 1.23. The molecule has 0 unspecified atom stereocenters. The van der Waals surface area contributed by atoms with E-state index in [2.05, 4.69) is 9.97 Å². The summed E-state index contributed by atoms with van der Waals surface area (Å²) in [5, 5.41) is 0.608. The van der Waals surface area contributed by atoms with E-state index in [9.17, 15) is 4.79 Å². The SMILES string of the molecule is COc1ccc(Cn2cnc3sc(-c4ccnc(N)c4)cc3c2=O)cc1. The second-order valence-electron chi connectivity index (χ2n) is 5.82. The molecule has 0 aliphatic heterocycles. The van der Waals surface area contributed by atoms with Crippen LogP contribution >= 0.6 is 11.3 Å². The number of pyridine rings is 1. The molecular weight excluding hydrogens is 348 g/mol. The Labute approximate surface area is 153 Å². The van der Waals surface area contributed by atoms with Gasteiger partial charge in [-0.25, -0.2) is 9.97 Å². The first-order valence-electron chi connectivity index (χ1n) is 7.98. The molecule has 0 saturated heterocycles. The first-order valence-corrected chi connectivity index (χ1v) is 8.79. The van der Waals surface area contributed by atoms with Gasteiger partial charge >= 0.3 is 0 Å². The number of benzene rings is 1. The highest BCUT2D eigenvalue weighted by molar-refractivity contribution is 7.21. The van der Waals surface area contributed by atoms with Crippen LogP contribution in [0.25, 0.3) is 20.7 Å². The maximum absolute atomic E-state index is 12.8. The van der Waals surface area contributed by atoms with Crippen LogP contribution in [0, 0.1) is 0 Å². The molecular formula is C19H16N4O2S. The Bertz CT molecular complexity index is 1130. The predicted molar refractivity (Wildman–Crippen MR) is 104 cm³/mol. The van der Waals surface area contributed by atoms with Gasteiger partial charge in [-0.1, -0.05) is 12.1 Å². The molecule has 26 heavy (non-hydrogen) atoms. The lowest BCUT2D eigenvalue weighted by atomic mass is 10.2. The molecule has 3 heterocycles. The summed E-state index contributed by atoms with van der Waals surface area (Å²) >= 11 is 1.47. The lowest BCUT2D eigenvalue weighted by molar-refractivity contribution is 0.414. The molecule has 0 aliphatic carbocycles. The van der Waals surface area contributed by atoms with E-state index in [-0.39, 0.29) is 5.56 Å². The molecule has 0 bridgehead atoms. The molecule has 7 heteroatoms. The van der Waals surface area contributed by atoms with Crippen LogP contribution in [0.3, 0.4) is 0 Å². The Morgan fingerprint density at radius 3 is 2.69 bits per heavy atom. The summed E-state index contributed by atoms with van der Waals surface area (Å²) in [5.41, 5.74) is 7.63. The van der Waals surface area contributed by atoms with Crippen molar-refractivity contribution in [2.45, 2.75) is 6.54 Å². The van der Waals surface area contributed by atoms with Crippen molar-refractivity contribution in [3.63, 3.8) is 0 Å². The summed E-state index contributed by atoms with van der Waals surface area (Å²) in [7, 11) is 1.63. The Morgan fingerprint density at radius 2 is 1.96 bits per heavy atom. The average molecular weight is 364 g/mol. The highest BCUT2D eigenvalue weighted by Crippen LogP contribution is 2.31. The quantitative estimate of drug-likeness (QED) is 0.601. The number of anilines is 1. The standard InChI is InChI=1S/C19H16N4O2S/c1-25-14-4-2-12(3-5-14)10-23-11-22-18-15(19(23)24)9-16(26-18)13-6-7-21-17(20)8-13/h2-9,11H,10H2,1H3,(H2,20,21). The molecule has 0 atom stereocenters. The van der Waals surface area contributed by atoms with Gasteiger partial charge in [-0.3, -0.25) is 9.36 Å². The topological polar surface area (TPSA) is 83.0 Å². The van der Waals surface area contributed by atoms with Gasteiger partial charge < -0.3 is 10.5 Å². The molecule has 4 rings (SSSR count). The van der Waals surface area contributed by atoms with Gasteiger partial charge in [0, 0.05) is 11.1 Å². The number of ether oxygens (including phenoxy) is 1. The minimum atomic E-state index is -0.0599. The molecule has 1 aromatic carbocycles. The summed E-state index contributed by atoms with van der Waals surface area (Å²) in [6.45, 7) is 0.457. The Hall–Kier alpha value is -3.19. The number of methoxy groups -OCH3 is 1. The van der Waals surface area contributed by atoms with E-state index in [1.54, 1.807) is 30.3 Å². The van der Waals surface area contributed by atoms with Gasteiger partial charge in [-0.05, 0) is 41.5 Å². The van der Waals surface area contributed by atoms with Crippen LogP contribution in [0.15, 0.2) is 59.8 Å². The van der Waals surface area contributed by atoms with Crippen LogP contribution in [0.2, 0.25) is 0 Å². The van der Waals surface area contributed by atoms with Gasteiger partial charge in [0.15, 0.2) is 0 Å². The summed E-state index contributed by atoms with van der Waals surface area (Å²) in [6.07, 6.45) is 3.25. The normalized spacial score (nSPS) is 11.0. The molecule has 0 radical (unpaired) electrons. The Balaban J connectivity index is 1.71. The van der Waals surface area contributed by atoms with E-state index in [0.717, 1.165) is 21.8 Å². The molecule has 2 N–H and O–H groups in total. The third-order valence-corrected chi connectivity index (χ3v) is 5.19. The molecule has 130 valence electrons. The second-order valence-corrected chi connectivity index (χ2v) is 6.86. The van der Waals surface area contributed by atoms with Gasteiger partial charge in [-0.15, -0.1) is 11.3 Å². The lowest BCUT2D eigenvalue weighted by Crippen LogP contribution is -2.20. The first kappa shape index (κ1) is 16.3. The van der Waals surface area contributed by atoms with Gasteiger partial charge in [0.1, 0.15) is 16.4 Å². The van der Waals surface area contributed by atoms with E-state index >= 15 is 0 Å². The maximum Gasteiger partial charge on any atom is 0.262 e. The van der Waals surface area contributed by atoms with Crippen molar-refractivity contribution in [2.75, 3.05) is 12.8 Å². The van der Waals surface area contributed by atoms with Crippen LogP contribution in [0.4, 0.5) is 5.82 Å². The van der Waals surface area contributed by atoms with Crippen LogP contribution in [0.5, 0.6) is 5.75 Å². The molecule has 0 aliphatic rings. The van der Waals surface area contributed by atoms with Crippen molar-refractivity contribution in [3.8, 4) is 16.2 Å². The number of hydrogen-bond acceptors (Lipinski definition) is 6. The lowest BCUT2D eigenvalue weighted by Gasteiger charge is -2.06. The zero-order valence-electron chi connectivity index (χ0n) is 14.0. The van der Waals surface area contributed by atoms with E-state index < -0.39 is 0 Å². The zero-order valence-corrected chi connectivity index (χ0v) is 14.9. The van der Waals surface area contributed by atoms with Crippen molar-refractivity contribution < 1.29 is 4.74 Å². The average Bonchev–Trinajstić information content (AvgIpc) is 3.10. The summed E-state index contributed by atoms with van der Waals surface area (Å²) in [6, 6.07) is 13.2. The van der Waals surface area contributed by atoms with Gasteiger partial charge in [0.25, 0.3) is 5.56 Å². The minimum Gasteiger partial charge on any atom is -0.497 e. The highest BCUT2D eigenvalue weighted by atomic mass is 32.1. The molecule has 0 amide bonds. The van der Waals surface area contributed by atoms with Crippen molar-refractivity contribution in [3.05, 3.63) is 70.9 Å². The van der Waals surface area contributed by atoms with Crippen molar-refractivity contribution >= 4 is 27.4 Å². The second kappa shape index (κ2) is 6.61. The van der Waals surface area contributed by atoms with Crippen LogP contribution < -0.4 is 16.0 Å². The minimum absolute atomic E-state index is 0.0599. The summed E-state index contributed by atoms with van der Waals surface area (Å²) in [4.78, 5) is 22.9. The van der Waals surface area contributed by atoms with Gasteiger partial charge in [0.2, 0.25) is 0 Å². The van der Waals surface area contributed by atoms with Crippen LogP contribution in [0.1, 0.15) is 5.56 Å². The van der Waals surface area contributed by atoms with Crippen molar-refractivity contribution in [2.24, 2.45) is 0 Å². The molecule has 0 saturated carbocycles. The number of nitrogen functional groups attached to an aromatic ring is 1. The Kier molecular flexibility index (Phi) is 4.14. The van der Waals surface area contributed by atoms with E-state index in [1.807, 2.05) is 36.4 Å². The number of aromatic nitrogens is 3. The third kappa shape index (κ3) is 3.04. The summed E-state index contributed by atoms with van der Waals surface area (Å²) < 4.78 is 6.77. The Morgan fingerprint density at radius 1 is 1.15 bits per heavy atom. The smallest absolute Gasteiger partial charge is 0.262 e. The fraction of sp³-hybridized carbons (Fsp3) is 0.105. The van der Waals surface area contributed by atoms with Crippen LogP contribution in [-0.4, -0.2) is 21.6 Å². The number of nitrogens with zero attached hydrogens (tertiary/aromatic N) is 3. The van der Waals surface area contributed by atoms with E-state index in [4.69, 9.17) is 10.5 Å². The number of rotatable bonds is 4. The predicted octanol–water partition coefficient (Wildman–Crippen LogP) is 3.16. The molecule has 3 aromatic heterocycles. The van der Waals surface area contributed by atoms with E-state index in [0.29, 0.717) is 22.6 Å². The monoisotopic (exact) mass is 364 g/mol. The molecule has 6 nitrogen and oxygen atoms in total. The number of fused-ring (bicyclic) bond motifs is 1.